The van der Waals surface area contributed by atoms with Crippen molar-refractivity contribution >= 4 is 20.2 Å². The zero-order valence-electron chi connectivity index (χ0n) is 22.8. The highest BCUT2D eigenvalue weighted by atomic mass is 32.2. The fourth-order valence-corrected chi connectivity index (χ4v) is 4.88. The summed E-state index contributed by atoms with van der Waals surface area (Å²) < 4.78 is 62.6. The minimum absolute atomic E-state index is 0.231. The Morgan fingerprint density at radius 3 is 1.83 bits per heavy atom. The molecule has 0 amide bonds. The third-order valence-electron chi connectivity index (χ3n) is 6.04. The van der Waals surface area contributed by atoms with Gasteiger partial charge in [-0.15, -0.1) is 0 Å². The first kappa shape index (κ1) is 35.0. The van der Waals surface area contributed by atoms with Crippen LogP contribution < -0.4 is 0 Å². The van der Waals surface area contributed by atoms with Crippen LogP contribution in [-0.4, -0.2) is 74.2 Å². The molecule has 0 fully saturated rings. The van der Waals surface area contributed by atoms with Crippen molar-refractivity contribution in [2.24, 2.45) is 5.92 Å². The number of nitrogens with zero attached hydrogens (tertiary/aromatic N) is 1. The Morgan fingerprint density at radius 1 is 0.806 bits per heavy atom. The van der Waals surface area contributed by atoms with E-state index in [1.807, 2.05) is 40.1 Å². The summed E-state index contributed by atoms with van der Waals surface area (Å²) in [4.78, 5) is 0. The van der Waals surface area contributed by atoms with E-state index in [4.69, 9.17) is 0 Å². The Labute approximate surface area is 220 Å². The van der Waals surface area contributed by atoms with Crippen molar-refractivity contribution in [1.82, 2.24) is 0 Å². The van der Waals surface area contributed by atoms with Crippen LogP contribution in [0.4, 0.5) is 0 Å². The second-order valence-corrected chi connectivity index (χ2v) is 13.7. The highest BCUT2D eigenvalue weighted by Gasteiger charge is 2.18. The Hall–Kier alpha value is -1.04. The van der Waals surface area contributed by atoms with E-state index in [0.29, 0.717) is 30.3 Å². The van der Waals surface area contributed by atoms with Crippen LogP contribution in [0.2, 0.25) is 0 Å². The average molecular weight is 551 g/mol. The Balaban J connectivity index is 0.00000115. The third-order valence-corrected chi connectivity index (χ3v) is 7.57. The topological polar surface area (TPSA) is 135 Å². The molecule has 36 heavy (non-hydrogen) atoms. The van der Waals surface area contributed by atoms with E-state index < -0.39 is 26.3 Å². The highest BCUT2D eigenvalue weighted by Crippen LogP contribution is 2.20. The Kier molecular flexibility index (Phi) is 17.0. The summed E-state index contributed by atoms with van der Waals surface area (Å²) in [5.41, 5.74) is 2.24. The molecular formula is C26H48NO7S2-. The van der Waals surface area contributed by atoms with Crippen molar-refractivity contribution in [1.29, 1.82) is 0 Å². The predicted molar refractivity (Wildman–Crippen MR) is 144 cm³/mol. The molecule has 1 aromatic rings. The second-order valence-electron chi connectivity index (χ2n) is 10.7. The molecule has 0 aliphatic carbocycles. The van der Waals surface area contributed by atoms with Crippen molar-refractivity contribution < 1.29 is 35.5 Å². The highest BCUT2D eigenvalue weighted by molar-refractivity contribution is 7.85. The molecule has 0 aliphatic heterocycles. The first-order chi connectivity index (χ1) is 16.5. The molecule has 0 aliphatic rings. The smallest absolute Gasteiger partial charge is 0.0948 e. The van der Waals surface area contributed by atoms with E-state index in [2.05, 4.69) is 19.1 Å². The van der Waals surface area contributed by atoms with Gasteiger partial charge >= 0.3 is 0 Å². The second kappa shape index (κ2) is 17.5. The first-order valence-corrected chi connectivity index (χ1v) is 16.2. The van der Waals surface area contributed by atoms with Gasteiger partial charge in [-0.2, -0.15) is 0 Å². The number of aliphatic hydroxyl groups is 1. The maximum absolute atomic E-state index is 10.7. The van der Waals surface area contributed by atoms with Gasteiger partial charge in [-0.3, -0.25) is 0 Å². The maximum Gasteiger partial charge on any atom is 0.0948 e. The Bertz CT molecular complexity index is 912. The summed E-state index contributed by atoms with van der Waals surface area (Å²) in [6.07, 6.45) is 8.36. The van der Waals surface area contributed by atoms with E-state index in [1.54, 1.807) is 0 Å². The number of aliphatic hydroxyl groups excluding tert-OH is 1. The molecule has 8 nitrogen and oxygen atoms in total. The average Bonchev–Trinajstić information content (AvgIpc) is 2.75. The lowest BCUT2D eigenvalue weighted by Gasteiger charge is -2.31. The van der Waals surface area contributed by atoms with Crippen molar-refractivity contribution in [3.63, 3.8) is 0 Å². The lowest BCUT2D eigenvalue weighted by Crippen LogP contribution is -2.42. The summed E-state index contributed by atoms with van der Waals surface area (Å²) in [5.74, 6) is -0.268. The van der Waals surface area contributed by atoms with Gasteiger partial charge in [-0.1, -0.05) is 70.7 Å². The minimum atomic E-state index is -4.15. The summed E-state index contributed by atoms with van der Waals surface area (Å²) in [7, 11) is -4.13. The molecule has 1 N–H and O–H groups in total. The summed E-state index contributed by atoms with van der Waals surface area (Å²) in [6, 6.07) is 8.24. The zero-order valence-corrected chi connectivity index (χ0v) is 24.4. The quantitative estimate of drug-likeness (QED) is 0.174. The third kappa shape index (κ3) is 21.1. The number of quaternary nitrogens is 1. The van der Waals surface area contributed by atoms with Crippen LogP contribution in [0.5, 0.6) is 0 Å². The molecule has 10 heteroatoms. The normalized spacial score (nSPS) is 13.4. The van der Waals surface area contributed by atoms with Gasteiger partial charge in [0.2, 0.25) is 0 Å². The molecule has 0 saturated heterocycles. The van der Waals surface area contributed by atoms with Crippen molar-refractivity contribution in [2.75, 3.05) is 38.7 Å². The standard InChI is InChI=1S/C21H37NO4S.C5H12O3S/c1-4-5-6-7-8-10-19-11-13-20(14-12-19)21(23)15-17-22(2,3)16-9-18-27(24,25)26;1-5(2)3-4-9(6,7)8/h11-14,21,23H,4-10,15-18H2,1-3H3;5H,3-4H2,1-2H3,(H,6,7,8)/p-1. The monoisotopic (exact) mass is 550 g/mol. The number of hydrogen-bond acceptors (Lipinski definition) is 7. The van der Waals surface area contributed by atoms with Crippen LogP contribution in [0.3, 0.4) is 0 Å². The molecule has 0 spiro atoms. The maximum atomic E-state index is 10.7. The van der Waals surface area contributed by atoms with Gasteiger partial charge in [-0.25, -0.2) is 16.8 Å². The summed E-state index contributed by atoms with van der Waals surface area (Å²) >= 11 is 0. The number of rotatable bonds is 17. The molecule has 0 radical (unpaired) electrons. The van der Waals surface area contributed by atoms with E-state index in [9.17, 15) is 31.0 Å². The minimum Gasteiger partial charge on any atom is -0.748 e. The molecule has 0 aromatic heterocycles. The lowest BCUT2D eigenvalue weighted by atomic mass is 10.0. The van der Waals surface area contributed by atoms with E-state index in [-0.39, 0.29) is 17.4 Å². The molecule has 0 saturated carbocycles. The van der Waals surface area contributed by atoms with Gasteiger partial charge in [0, 0.05) is 24.3 Å². The molecule has 0 bridgehead atoms. The van der Waals surface area contributed by atoms with Crippen molar-refractivity contribution in [2.45, 2.75) is 84.7 Å². The number of aryl methyl sites for hydroxylation is 1. The predicted octanol–water partition coefficient (Wildman–Crippen LogP) is 4.21. The van der Waals surface area contributed by atoms with Gasteiger partial charge in [-0.05, 0) is 36.3 Å². The summed E-state index contributed by atoms with van der Waals surface area (Å²) in [6.45, 7) is 7.31. The van der Waals surface area contributed by atoms with Gasteiger partial charge in [0.05, 0.1) is 53.5 Å². The van der Waals surface area contributed by atoms with E-state index in [0.717, 1.165) is 18.5 Å². The molecule has 1 unspecified atom stereocenters. The molecule has 0 heterocycles. The van der Waals surface area contributed by atoms with Crippen LogP contribution in [0.25, 0.3) is 0 Å². The van der Waals surface area contributed by atoms with Crippen LogP contribution in [-0.2, 0) is 26.7 Å². The fourth-order valence-electron chi connectivity index (χ4n) is 3.64. The van der Waals surface area contributed by atoms with Gasteiger partial charge < -0.3 is 18.7 Å². The zero-order chi connectivity index (χ0) is 27.8. The number of benzene rings is 1. The molecule has 212 valence electrons. The van der Waals surface area contributed by atoms with E-state index in [1.165, 1.54) is 37.7 Å². The molecular weight excluding hydrogens is 502 g/mol. The largest absolute Gasteiger partial charge is 0.748 e. The van der Waals surface area contributed by atoms with Crippen LogP contribution in [0.1, 0.15) is 89.4 Å². The first-order valence-electron chi connectivity index (χ1n) is 13.0. The van der Waals surface area contributed by atoms with Crippen molar-refractivity contribution in [3.8, 4) is 0 Å². The fraction of sp³-hybridized carbons (Fsp3) is 0.769. The molecule has 1 atom stereocenters. The van der Waals surface area contributed by atoms with Crippen LogP contribution in [0.15, 0.2) is 24.3 Å². The SMILES string of the molecule is CC(C)CCS(=O)(=O)[O-].CCCCCCCc1ccc(C(O)CC[N+](C)(C)CCCS(=O)(=O)[O-])cc1. The molecule has 1 aromatic carbocycles. The molecule has 1 rings (SSSR count). The number of hydrogen-bond donors (Lipinski definition) is 1. The number of unbranched alkanes of at least 4 members (excludes halogenated alkanes) is 4. The van der Waals surface area contributed by atoms with Gasteiger partial charge in [0.25, 0.3) is 0 Å². The lowest BCUT2D eigenvalue weighted by molar-refractivity contribution is -0.890. The summed E-state index contributed by atoms with van der Waals surface area (Å²) in [5, 5.41) is 10.4. The van der Waals surface area contributed by atoms with Gasteiger partial charge in [0.1, 0.15) is 0 Å². The van der Waals surface area contributed by atoms with Gasteiger partial charge in [0.15, 0.2) is 0 Å². The Morgan fingerprint density at radius 2 is 1.36 bits per heavy atom. The van der Waals surface area contributed by atoms with Crippen LogP contribution in [0, 0.1) is 5.92 Å². The van der Waals surface area contributed by atoms with Crippen molar-refractivity contribution in [3.05, 3.63) is 35.4 Å². The van der Waals surface area contributed by atoms with Crippen LogP contribution >= 0.6 is 0 Å². The van der Waals surface area contributed by atoms with E-state index >= 15 is 0 Å².